The van der Waals surface area contributed by atoms with E-state index in [4.69, 9.17) is 10.5 Å². The van der Waals surface area contributed by atoms with Crippen molar-refractivity contribution in [1.29, 1.82) is 0 Å². The van der Waals surface area contributed by atoms with Crippen LogP contribution in [0.5, 0.6) is 0 Å². The number of amides is 1. The third-order valence-corrected chi connectivity index (χ3v) is 2.92. The summed E-state index contributed by atoms with van der Waals surface area (Å²) in [5.41, 5.74) is 5.59. The number of rotatable bonds is 8. The molecule has 0 aliphatic carbocycles. The number of carbonyl (C=O) groups excluding carboxylic acids is 2. The van der Waals surface area contributed by atoms with E-state index in [1.54, 1.807) is 11.8 Å². The van der Waals surface area contributed by atoms with E-state index >= 15 is 0 Å². The number of esters is 1. The number of carbonyl (C=O) groups is 2. The minimum atomic E-state index is -0.361. The Labute approximate surface area is 110 Å². The summed E-state index contributed by atoms with van der Waals surface area (Å²) in [5, 5.41) is 0. The Balaban J connectivity index is 4.49. The quantitative estimate of drug-likeness (QED) is 0.663. The SMILES string of the molecule is CCOC(=O)CN(C(=O)CC(CC)CN)C(C)C. The summed E-state index contributed by atoms with van der Waals surface area (Å²) in [7, 11) is 0. The summed E-state index contributed by atoms with van der Waals surface area (Å²) >= 11 is 0. The summed E-state index contributed by atoms with van der Waals surface area (Å²) in [6.07, 6.45) is 1.26. The molecule has 5 nitrogen and oxygen atoms in total. The number of nitrogens with two attached hydrogens (primary N) is 1. The van der Waals surface area contributed by atoms with Gasteiger partial charge in [0.15, 0.2) is 0 Å². The van der Waals surface area contributed by atoms with Gasteiger partial charge in [0.05, 0.1) is 6.61 Å². The van der Waals surface area contributed by atoms with Crippen molar-refractivity contribution in [3.63, 3.8) is 0 Å². The molecule has 0 saturated heterocycles. The lowest BCUT2D eigenvalue weighted by Crippen LogP contribution is -2.42. The zero-order chi connectivity index (χ0) is 14.1. The third kappa shape index (κ3) is 6.00. The Morgan fingerprint density at radius 2 is 1.89 bits per heavy atom. The molecule has 1 amide bonds. The molecule has 0 rings (SSSR count). The van der Waals surface area contributed by atoms with Gasteiger partial charge in [0.1, 0.15) is 6.54 Å². The summed E-state index contributed by atoms with van der Waals surface area (Å²) < 4.78 is 4.87. The van der Waals surface area contributed by atoms with Gasteiger partial charge in [0.2, 0.25) is 5.91 Å². The van der Waals surface area contributed by atoms with Crippen molar-refractivity contribution in [2.24, 2.45) is 11.7 Å². The smallest absolute Gasteiger partial charge is 0.325 e. The van der Waals surface area contributed by atoms with Gasteiger partial charge in [-0.2, -0.15) is 0 Å². The second-order valence-electron chi connectivity index (χ2n) is 4.63. The van der Waals surface area contributed by atoms with Gasteiger partial charge in [-0.3, -0.25) is 9.59 Å². The van der Waals surface area contributed by atoms with Crippen LogP contribution in [0.15, 0.2) is 0 Å². The van der Waals surface area contributed by atoms with Crippen LogP contribution in [0, 0.1) is 5.92 Å². The molecule has 1 unspecified atom stereocenters. The fraction of sp³-hybridized carbons (Fsp3) is 0.846. The molecule has 18 heavy (non-hydrogen) atoms. The predicted octanol–water partition coefficient (Wildman–Crippen LogP) is 1.16. The maximum atomic E-state index is 12.1. The lowest BCUT2D eigenvalue weighted by atomic mass is 10.0. The summed E-state index contributed by atoms with van der Waals surface area (Å²) in [4.78, 5) is 25.1. The van der Waals surface area contributed by atoms with E-state index < -0.39 is 0 Å². The fourth-order valence-electron chi connectivity index (χ4n) is 1.66. The van der Waals surface area contributed by atoms with Crippen LogP contribution < -0.4 is 5.73 Å². The normalized spacial score (nSPS) is 12.3. The molecule has 0 heterocycles. The first kappa shape index (κ1) is 16.9. The van der Waals surface area contributed by atoms with E-state index in [9.17, 15) is 9.59 Å². The number of ether oxygens (including phenoxy) is 1. The van der Waals surface area contributed by atoms with Crippen LogP contribution in [-0.2, 0) is 14.3 Å². The van der Waals surface area contributed by atoms with Gasteiger partial charge in [0, 0.05) is 12.5 Å². The molecule has 0 radical (unpaired) electrons. The molecule has 5 heteroatoms. The minimum Gasteiger partial charge on any atom is -0.465 e. The first-order valence-electron chi connectivity index (χ1n) is 6.61. The molecule has 0 aliphatic heterocycles. The predicted molar refractivity (Wildman–Crippen MR) is 70.9 cm³/mol. The monoisotopic (exact) mass is 258 g/mol. The Kier molecular flexibility index (Phi) is 8.37. The van der Waals surface area contributed by atoms with Crippen molar-refractivity contribution in [1.82, 2.24) is 4.90 Å². The van der Waals surface area contributed by atoms with Crippen molar-refractivity contribution >= 4 is 11.9 Å². The molecule has 0 fully saturated rings. The maximum Gasteiger partial charge on any atom is 0.325 e. The lowest BCUT2D eigenvalue weighted by molar-refractivity contribution is -0.150. The van der Waals surface area contributed by atoms with E-state index in [1.807, 2.05) is 20.8 Å². The van der Waals surface area contributed by atoms with Crippen molar-refractivity contribution in [2.75, 3.05) is 19.7 Å². The third-order valence-electron chi connectivity index (χ3n) is 2.92. The Morgan fingerprint density at radius 3 is 2.28 bits per heavy atom. The average Bonchev–Trinajstić information content (AvgIpc) is 2.32. The highest BCUT2D eigenvalue weighted by Gasteiger charge is 2.22. The van der Waals surface area contributed by atoms with Crippen molar-refractivity contribution in [3.8, 4) is 0 Å². The lowest BCUT2D eigenvalue weighted by Gasteiger charge is -2.27. The highest BCUT2D eigenvalue weighted by atomic mass is 16.5. The molecular weight excluding hydrogens is 232 g/mol. The zero-order valence-corrected chi connectivity index (χ0v) is 11.9. The summed E-state index contributed by atoms with van der Waals surface area (Å²) in [6.45, 7) is 8.39. The minimum absolute atomic E-state index is 0.0165. The molecule has 0 bridgehead atoms. The highest BCUT2D eigenvalue weighted by molar-refractivity contribution is 5.82. The van der Waals surface area contributed by atoms with E-state index in [-0.39, 0.29) is 30.4 Å². The van der Waals surface area contributed by atoms with Crippen molar-refractivity contribution < 1.29 is 14.3 Å². The first-order valence-corrected chi connectivity index (χ1v) is 6.61. The van der Waals surface area contributed by atoms with Crippen LogP contribution in [0.2, 0.25) is 0 Å². The molecule has 0 aromatic heterocycles. The van der Waals surface area contributed by atoms with Gasteiger partial charge in [-0.15, -0.1) is 0 Å². The van der Waals surface area contributed by atoms with Gasteiger partial charge in [-0.05, 0) is 33.2 Å². The molecule has 2 N–H and O–H groups in total. The van der Waals surface area contributed by atoms with Gasteiger partial charge in [-0.25, -0.2) is 0 Å². The molecular formula is C13H26N2O3. The second-order valence-corrected chi connectivity index (χ2v) is 4.63. The van der Waals surface area contributed by atoms with Crippen LogP contribution in [0.25, 0.3) is 0 Å². The van der Waals surface area contributed by atoms with E-state index in [2.05, 4.69) is 0 Å². The summed E-state index contributed by atoms with van der Waals surface area (Å²) in [6, 6.07) is -0.0165. The van der Waals surface area contributed by atoms with Crippen molar-refractivity contribution in [2.45, 2.75) is 46.6 Å². The van der Waals surface area contributed by atoms with Gasteiger partial charge < -0.3 is 15.4 Å². The molecule has 0 aromatic rings. The van der Waals surface area contributed by atoms with Crippen molar-refractivity contribution in [3.05, 3.63) is 0 Å². The first-order chi connectivity index (χ1) is 8.46. The summed E-state index contributed by atoms with van der Waals surface area (Å²) in [5.74, 6) is -0.211. The van der Waals surface area contributed by atoms with Gasteiger partial charge >= 0.3 is 5.97 Å². The maximum absolute atomic E-state index is 12.1. The van der Waals surface area contributed by atoms with Crippen LogP contribution in [0.3, 0.4) is 0 Å². The average molecular weight is 258 g/mol. The van der Waals surface area contributed by atoms with Crippen LogP contribution in [-0.4, -0.2) is 42.5 Å². The molecule has 0 saturated carbocycles. The zero-order valence-electron chi connectivity index (χ0n) is 11.9. The Morgan fingerprint density at radius 1 is 1.28 bits per heavy atom. The molecule has 1 atom stereocenters. The number of hydrogen-bond donors (Lipinski definition) is 1. The number of nitrogens with zero attached hydrogens (tertiary/aromatic N) is 1. The van der Waals surface area contributed by atoms with E-state index in [0.29, 0.717) is 19.6 Å². The molecule has 0 aliphatic rings. The Bertz CT molecular complexity index is 263. The van der Waals surface area contributed by atoms with Crippen LogP contribution >= 0.6 is 0 Å². The molecule has 106 valence electrons. The van der Waals surface area contributed by atoms with Gasteiger partial charge in [0.25, 0.3) is 0 Å². The van der Waals surface area contributed by atoms with Crippen LogP contribution in [0.1, 0.15) is 40.5 Å². The van der Waals surface area contributed by atoms with E-state index in [1.165, 1.54) is 0 Å². The fourth-order valence-corrected chi connectivity index (χ4v) is 1.66. The molecule has 0 aromatic carbocycles. The highest BCUT2D eigenvalue weighted by Crippen LogP contribution is 2.11. The molecule has 0 spiro atoms. The van der Waals surface area contributed by atoms with E-state index in [0.717, 1.165) is 6.42 Å². The largest absolute Gasteiger partial charge is 0.465 e. The van der Waals surface area contributed by atoms with Gasteiger partial charge in [-0.1, -0.05) is 13.3 Å². The topological polar surface area (TPSA) is 72.6 Å². The Hall–Kier alpha value is -1.10. The van der Waals surface area contributed by atoms with Crippen LogP contribution in [0.4, 0.5) is 0 Å². The number of hydrogen-bond acceptors (Lipinski definition) is 4. The second kappa shape index (κ2) is 8.91. The standard InChI is InChI=1S/C13H26N2O3/c1-5-11(8-14)7-12(16)15(10(3)4)9-13(17)18-6-2/h10-11H,5-9,14H2,1-4H3.